The smallest absolute Gasteiger partial charge is 0.329 e. The molecule has 4 atom stereocenters. The van der Waals surface area contributed by atoms with E-state index < -0.39 is 30.6 Å². The highest BCUT2D eigenvalue weighted by molar-refractivity contribution is 6.03. The van der Waals surface area contributed by atoms with E-state index in [2.05, 4.69) is 22.2 Å². The topological polar surface area (TPSA) is 113 Å². The average Bonchev–Trinajstić information content (AvgIpc) is 2.82. The Hall–Kier alpha value is -1.97. The number of nitrogens with one attached hydrogen (secondary N) is 1. The Morgan fingerprint density at radius 1 is 1.42 bits per heavy atom. The highest BCUT2D eigenvalue weighted by atomic mass is 16.6. The zero-order valence-corrected chi connectivity index (χ0v) is 9.72. The van der Waals surface area contributed by atoms with Gasteiger partial charge in [-0.2, -0.15) is 0 Å². The number of fused-ring (bicyclic) bond motifs is 3. The standard InChI is InChI=1S/C10H11N5O4/c1-3-5-8-14(13-12-5)2-4-6(16)7(17)9(19-4)15(8)10(18)11-3/h4,6-7,9,16-17H,1-2H2,(H,11,18)/t4-,6+,7?,9-/m1/s1. The molecule has 2 bridgehead atoms. The summed E-state index contributed by atoms with van der Waals surface area (Å²) in [6.45, 7) is 3.93. The quantitative estimate of drug-likeness (QED) is 0.512. The Morgan fingerprint density at radius 3 is 3.00 bits per heavy atom. The van der Waals surface area contributed by atoms with Crippen LogP contribution in [-0.4, -0.2) is 55.8 Å². The maximum Gasteiger partial charge on any atom is 0.329 e. The molecule has 1 aromatic rings. The van der Waals surface area contributed by atoms with Gasteiger partial charge >= 0.3 is 6.03 Å². The van der Waals surface area contributed by atoms with E-state index in [9.17, 15) is 15.0 Å². The van der Waals surface area contributed by atoms with Crippen molar-refractivity contribution in [2.75, 3.05) is 4.90 Å². The van der Waals surface area contributed by atoms with Crippen LogP contribution in [0.2, 0.25) is 0 Å². The number of nitrogens with zero attached hydrogens (tertiary/aromatic N) is 4. The lowest BCUT2D eigenvalue weighted by Gasteiger charge is -2.33. The Balaban J connectivity index is 1.93. The molecule has 3 N–H and O–H groups in total. The van der Waals surface area contributed by atoms with Crippen molar-refractivity contribution in [3.8, 4) is 0 Å². The predicted octanol–water partition coefficient (Wildman–Crippen LogP) is -1.76. The second-order valence-electron chi connectivity index (χ2n) is 4.77. The molecule has 0 radical (unpaired) electrons. The van der Waals surface area contributed by atoms with Crippen LogP contribution in [0.4, 0.5) is 10.6 Å². The summed E-state index contributed by atoms with van der Waals surface area (Å²) in [7, 11) is 0. The van der Waals surface area contributed by atoms with Gasteiger partial charge in [-0.1, -0.05) is 11.8 Å². The fourth-order valence-corrected chi connectivity index (χ4v) is 2.71. The molecule has 0 aromatic carbocycles. The molecule has 1 unspecified atom stereocenters. The lowest BCUT2D eigenvalue weighted by atomic mass is 10.1. The molecular formula is C10H11N5O4. The summed E-state index contributed by atoms with van der Waals surface area (Å²) in [4.78, 5) is 13.3. The third-order valence-corrected chi connectivity index (χ3v) is 3.64. The number of urea groups is 1. The number of anilines is 1. The third kappa shape index (κ3) is 1.21. The first-order valence-electron chi connectivity index (χ1n) is 5.82. The number of rotatable bonds is 0. The molecule has 0 saturated carbocycles. The summed E-state index contributed by atoms with van der Waals surface area (Å²) in [6, 6.07) is -0.486. The average molecular weight is 265 g/mol. The first-order chi connectivity index (χ1) is 9.08. The number of aromatic nitrogens is 3. The number of hydrogen-bond acceptors (Lipinski definition) is 6. The Bertz CT molecular complexity index is 599. The third-order valence-electron chi connectivity index (χ3n) is 3.64. The minimum atomic E-state index is -1.17. The van der Waals surface area contributed by atoms with E-state index in [1.54, 1.807) is 0 Å². The zero-order chi connectivity index (χ0) is 13.3. The van der Waals surface area contributed by atoms with Crippen molar-refractivity contribution in [2.45, 2.75) is 31.1 Å². The lowest BCUT2D eigenvalue weighted by molar-refractivity contribution is 0.00693. The van der Waals surface area contributed by atoms with E-state index in [0.29, 0.717) is 17.2 Å². The molecule has 19 heavy (non-hydrogen) atoms. The second kappa shape index (κ2) is 3.32. The summed E-state index contributed by atoms with van der Waals surface area (Å²) in [5.74, 6) is 0.437. The highest BCUT2D eigenvalue weighted by Gasteiger charge is 2.52. The molecule has 9 nitrogen and oxygen atoms in total. The molecule has 3 aliphatic heterocycles. The van der Waals surface area contributed by atoms with Crippen LogP contribution in [0.15, 0.2) is 6.58 Å². The van der Waals surface area contributed by atoms with Crippen molar-refractivity contribution in [1.82, 2.24) is 20.3 Å². The molecule has 0 aliphatic carbocycles. The lowest BCUT2D eigenvalue weighted by Crippen LogP contribution is -2.54. The van der Waals surface area contributed by atoms with Crippen LogP contribution in [0.3, 0.4) is 0 Å². The van der Waals surface area contributed by atoms with E-state index >= 15 is 0 Å². The normalized spacial score (nSPS) is 36.0. The van der Waals surface area contributed by atoms with Crippen LogP contribution in [-0.2, 0) is 11.3 Å². The molecule has 100 valence electrons. The molecular weight excluding hydrogens is 254 g/mol. The summed E-state index contributed by atoms with van der Waals surface area (Å²) in [5, 5.41) is 30.3. The Morgan fingerprint density at radius 2 is 2.21 bits per heavy atom. The van der Waals surface area contributed by atoms with Gasteiger partial charge in [0.1, 0.15) is 18.3 Å². The number of aliphatic hydroxyl groups excluding tert-OH is 2. The first kappa shape index (κ1) is 10.9. The van der Waals surface area contributed by atoms with Crippen LogP contribution in [0.1, 0.15) is 5.69 Å². The van der Waals surface area contributed by atoms with E-state index in [-0.39, 0.29) is 6.54 Å². The number of carbonyl (C=O) groups is 1. The van der Waals surface area contributed by atoms with Gasteiger partial charge in [0.25, 0.3) is 0 Å². The summed E-state index contributed by atoms with van der Waals surface area (Å²) in [6.07, 6.45) is -3.81. The predicted molar refractivity (Wildman–Crippen MR) is 60.7 cm³/mol. The minimum Gasteiger partial charge on any atom is -0.387 e. The van der Waals surface area contributed by atoms with Gasteiger partial charge in [-0.25, -0.2) is 14.4 Å². The minimum absolute atomic E-state index is 0.216. The van der Waals surface area contributed by atoms with Gasteiger partial charge in [0, 0.05) is 0 Å². The van der Waals surface area contributed by atoms with Gasteiger partial charge in [0.15, 0.2) is 17.7 Å². The molecule has 4 rings (SSSR count). The van der Waals surface area contributed by atoms with Gasteiger partial charge in [0.2, 0.25) is 0 Å². The van der Waals surface area contributed by atoms with Crippen molar-refractivity contribution in [3.05, 3.63) is 12.3 Å². The second-order valence-corrected chi connectivity index (χ2v) is 4.77. The number of aliphatic hydroxyl groups is 2. The van der Waals surface area contributed by atoms with Crippen LogP contribution in [0.25, 0.3) is 5.70 Å². The number of carbonyl (C=O) groups excluding carboxylic acids is 1. The SMILES string of the molecule is C=C1NC(=O)N2c3c1nnn3C[C@H]1O[C@@H]2C(O)[C@H]1O. The van der Waals surface area contributed by atoms with Crippen molar-refractivity contribution < 1.29 is 19.7 Å². The van der Waals surface area contributed by atoms with Gasteiger partial charge < -0.3 is 20.3 Å². The zero-order valence-electron chi connectivity index (χ0n) is 9.72. The van der Waals surface area contributed by atoms with E-state index in [0.717, 1.165) is 0 Å². The molecule has 3 aliphatic rings. The number of hydrogen-bond donors (Lipinski definition) is 3. The maximum atomic E-state index is 12.1. The van der Waals surface area contributed by atoms with Crippen LogP contribution < -0.4 is 10.2 Å². The summed E-state index contributed by atoms with van der Waals surface area (Å²) < 4.78 is 7.02. The first-order valence-corrected chi connectivity index (χ1v) is 5.82. The molecule has 1 saturated heterocycles. The van der Waals surface area contributed by atoms with E-state index in [1.165, 1.54) is 9.58 Å². The molecule has 4 heterocycles. The van der Waals surface area contributed by atoms with Crippen molar-refractivity contribution >= 4 is 17.5 Å². The molecule has 0 spiro atoms. The summed E-state index contributed by atoms with van der Waals surface area (Å²) >= 11 is 0. The van der Waals surface area contributed by atoms with E-state index in [4.69, 9.17) is 4.74 Å². The van der Waals surface area contributed by atoms with Gasteiger partial charge in [-0.15, -0.1) is 5.10 Å². The van der Waals surface area contributed by atoms with Crippen LogP contribution in [0, 0.1) is 0 Å². The molecule has 2 amide bonds. The molecule has 1 aromatic heterocycles. The summed E-state index contributed by atoms with van der Waals surface area (Å²) in [5.41, 5.74) is 0.799. The van der Waals surface area contributed by atoms with E-state index in [1.807, 2.05) is 0 Å². The number of amides is 2. The number of ether oxygens (including phenoxy) is 1. The Kier molecular flexibility index (Phi) is 1.91. The largest absolute Gasteiger partial charge is 0.387 e. The molecule has 9 heteroatoms. The van der Waals surface area contributed by atoms with Crippen molar-refractivity contribution in [2.24, 2.45) is 0 Å². The van der Waals surface area contributed by atoms with Crippen molar-refractivity contribution in [3.63, 3.8) is 0 Å². The fourth-order valence-electron chi connectivity index (χ4n) is 2.71. The van der Waals surface area contributed by atoms with Gasteiger partial charge in [0.05, 0.1) is 12.2 Å². The van der Waals surface area contributed by atoms with Crippen LogP contribution >= 0.6 is 0 Å². The Labute approximate surface area is 107 Å². The monoisotopic (exact) mass is 265 g/mol. The maximum absolute atomic E-state index is 12.1. The highest BCUT2D eigenvalue weighted by Crippen LogP contribution is 2.37. The fraction of sp³-hybridized carbons (Fsp3) is 0.500. The van der Waals surface area contributed by atoms with Crippen molar-refractivity contribution in [1.29, 1.82) is 0 Å². The van der Waals surface area contributed by atoms with Gasteiger partial charge in [-0.3, -0.25) is 0 Å². The molecule has 1 fully saturated rings. The van der Waals surface area contributed by atoms with Gasteiger partial charge in [-0.05, 0) is 0 Å². The van der Waals surface area contributed by atoms with Crippen LogP contribution in [0.5, 0.6) is 0 Å².